The smallest absolute Gasteiger partial charge is 0.337 e. The van der Waals surface area contributed by atoms with Crippen molar-refractivity contribution in [1.29, 1.82) is 0 Å². The number of carbonyl (C=O) groups excluding carboxylic acids is 5. The Hall–Kier alpha value is -4.49. The third-order valence-corrected chi connectivity index (χ3v) is 5.53. The molecule has 0 aromatic heterocycles. The van der Waals surface area contributed by atoms with Gasteiger partial charge in [-0.1, -0.05) is 6.42 Å². The Morgan fingerprint density at radius 2 is 1.12 bits per heavy atom. The summed E-state index contributed by atoms with van der Waals surface area (Å²) in [7, 11) is 0. The fourth-order valence-electron chi connectivity index (χ4n) is 3.50. The van der Waals surface area contributed by atoms with E-state index in [4.69, 9.17) is 28.0 Å². The summed E-state index contributed by atoms with van der Waals surface area (Å²) in [4.78, 5) is 76.3. The molecule has 10 N–H and O–H groups in total. The second-order valence-electron chi connectivity index (χ2n) is 8.98. The second-order valence-corrected chi connectivity index (χ2v) is 8.98. The molecule has 1 aromatic carbocycles. The first-order valence-electron chi connectivity index (χ1n) is 12.8. The van der Waals surface area contributed by atoms with Gasteiger partial charge in [0.25, 0.3) is 0 Å². The number of hydrogen-bond acceptors (Lipinski definition) is 7. The number of unbranched alkanes of at least 4 members (excludes halogenated alkanes) is 2. The number of carboxylic acid groups (broad SMARTS) is 2. The molecule has 1 aliphatic heterocycles. The highest BCUT2D eigenvalue weighted by Gasteiger charge is 2.24. The fraction of sp³-hybridized carbons (Fsp3) is 0.500. The Labute approximate surface area is 232 Å². The van der Waals surface area contributed by atoms with E-state index in [0.29, 0.717) is 64.3 Å². The van der Waals surface area contributed by atoms with Crippen LogP contribution in [0.2, 0.25) is 0 Å². The van der Waals surface area contributed by atoms with E-state index in [1.165, 1.54) is 23.1 Å². The Morgan fingerprint density at radius 1 is 0.675 bits per heavy atom. The first kappa shape index (κ1) is 35.5. The SMILES string of the molecule is NC(=O)CCCCC(N)=O.NC(=O)CCCCC(N)=O.O=C(O)c1ccc(C(=O)O)c(N2CCCCCC2=O)c1. The Balaban J connectivity index is 0.000000643. The average molecular weight is 566 g/mol. The van der Waals surface area contributed by atoms with Crippen LogP contribution in [0.25, 0.3) is 0 Å². The molecule has 1 aromatic rings. The van der Waals surface area contributed by atoms with Crippen LogP contribution >= 0.6 is 0 Å². The minimum atomic E-state index is -1.17. The molecule has 0 radical (unpaired) electrons. The van der Waals surface area contributed by atoms with Crippen LogP contribution in [-0.2, 0) is 24.0 Å². The van der Waals surface area contributed by atoms with E-state index in [9.17, 15) is 38.7 Å². The van der Waals surface area contributed by atoms with Gasteiger partial charge in [0, 0.05) is 38.6 Å². The van der Waals surface area contributed by atoms with Gasteiger partial charge in [0.2, 0.25) is 29.5 Å². The van der Waals surface area contributed by atoms with Gasteiger partial charge >= 0.3 is 11.9 Å². The first-order valence-corrected chi connectivity index (χ1v) is 12.8. The van der Waals surface area contributed by atoms with Crippen molar-refractivity contribution >= 4 is 47.2 Å². The zero-order valence-corrected chi connectivity index (χ0v) is 22.4. The number of carboxylic acids is 2. The van der Waals surface area contributed by atoms with Crippen LogP contribution in [0.1, 0.15) is 97.8 Å². The third kappa shape index (κ3) is 16.4. The number of carbonyl (C=O) groups is 7. The molecule has 1 aliphatic rings. The van der Waals surface area contributed by atoms with Crippen LogP contribution in [0.5, 0.6) is 0 Å². The summed E-state index contributed by atoms with van der Waals surface area (Å²) in [5, 5.41) is 18.2. The Bertz CT molecular complexity index is 995. The van der Waals surface area contributed by atoms with Gasteiger partial charge in [0.05, 0.1) is 16.8 Å². The van der Waals surface area contributed by atoms with E-state index >= 15 is 0 Å². The van der Waals surface area contributed by atoms with Gasteiger partial charge in [-0.3, -0.25) is 24.0 Å². The molecule has 14 nitrogen and oxygen atoms in total. The molecule has 0 unspecified atom stereocenters. The van der Waals surface area contributed by atoms with E-state index in [2.05, 4.69) is 0 Å². The average Bonchev–Trinajstić information content (AvgIpc) is 3.08. The van der Waals surface area contributed by atoms with Crippen LogP contribution in [0, 0.1) is 0 Å². The zero-order valence-electron chi connectivity index (χ0n) is 22.4. The van der Waals surface area contributed by atoms with Crippen LogP contribution in [-0.4, -0.2) is 58.2 Å². The first-order chi connectivity index (χ1) is 18.8. The van der Waals surface area contributed by atoms with Crippen molar-refractivity contribution < 1.29 is 43.8 Å². The van der Waals surface area contributed by atoms with E-state index in [-0.39, 0.29) is 46.4 Å². The molecule has 0 spiro atoms. The van der Waals surface area contributed by atoms with E-state index in [0.717, 1.165) is 19.3 Å². The van der Waals surface area contributed by atoms with Crippen LogP contribution in [0.3, 0.4) is 0 Å². The summed E-state index contributed by atoms with van der Waals surface area (Å²) in [6.07, 6.45) is 6.78. The normalized spacial score (nSPS) is 12.5. The number of anilines is 1. The van der Waals surface area contributed by atoms with Crippen molar-refractivity contribution in [3.8, 4) is 0 Å². The minimum absolute atomic E-state index is 0.0259. The lowest BCUT2D eigenvalue weighted by atomic mass is 10.1. The number of hydrogen-bond donors (Lipinski definition) is 6. The number of nitrogens with two attached hydrogens (primary N) is 4. The van der Waals surface area contributed by atoms with Crippen LogP contribution < -0.4 is 27.8 Å². The molecule has 2 rings (SSSR count). The van der Waals surface area contributed by atoms with Gasteiger partial charge < -0.3 is 38.0 Å². The van der Waals surface area contributed by atoms with Crippen molar-refractivity contribution in [3.05, 3.63) is 29.3 Å². The highest BCUT2D eigenvalue weighted by molar-refractivity contribution is 6.04. The number of rotatable bonds is 13. The molecule has 0 aliphatic carbocycles. The highest BCUT2D eigenvalue weighted by atomic mass is 16.4. The molecule has 40 heavy (non-hydrogen) atoms. The lowest BCUT2D eigenvalue weighted by Gasteiger charge is -2.22. The lowest BCUT2D eigenvalue weighted by Crippen LogP contribution is -2.31. The van der Waals surface area contributed by atoms with Gasteiger partial charge in [0.1, 0.15) is 0 Å². The number of benzene rings is 1. The lowest BCUT2D eigenvalue weighted by molar-refractivity contribution is -0.119. The Morgan fingerprint density at radius 3 is 1.50 bits per heavy atom. The molecule has 5 amide bonds. The standard InChI is InChI=1S/C14H15NO5.2C6H12N2O2/c16-12-4-2-1-3-7-15(12)11-8-9(13(17)18)5-6-10(11)14(19)20;2*7-5(9)3-1-2-4-6(8)10/h5-6,8H,1-4,7H2,(H,17,18)(H,19,20);2*1-4H2,(H2,7,9)(H2,8,10). The van der Waals surface area contributed by atoms with Crippen LogP contribution in [0.4, 0.5) is 5.69 Å². The molecule has 0 atom stereocenters. The summed E-state index contributed by atoms with van der Waals surface area (Å²) in [6, 6.07) is 3.73. The van der Waals surface area contributed by atoms with Gasteiger partial charge in [0.15, 0.2) is 0 Å². The van der Waals surface area contributed by atoms with Gasteiger partial charge in [-0.25, -0.2) is 9.59 Å². The predicted molar refractivity (Wildman–Crippen MR) is 145 cm³/mol. The second kappa shape index (κ2) is 19.6. The maximum atomic E-state index is 12.1. The quantitative estimate of drug-likeness (QED) is 0.186. The van der Waals surface area contributed by atoms with E-state index in [1.54, 1.807) is 0 Å². The van der Waals surface area contributed by atoms with Crippen molar-refractivity contribution in [2.75, 3.05) is 11.4 Å². The molecular formula is C26H39N5O9. The summed E-state index contributed by atoms with van der Waals surface area (Å²) in [5.74, 6) is -3.80. The summed E-state index contributed by atoms with van der Waals surface area (Å²) in [5.41, 5.74) is 19.5. The zero-order chi connectivity index (χ0) is 30.7. The van der Waals surface area contributed by atoms with Gasteiger partial charge in [-0.15, -0.1) is 0 Å². The minimum Gasteiger partial charge on any atom is -0.478 e. The molecule has 14 heteroatoms. The number of primary amides is 4. The Kier molecular flexibility index (Phi) is 17.4. The monoisotopic (exact) mass is 565 g/mol. The van der Waals surface area contributed by atoms with Crippen LogP contribution in [0.15, 0.2) is 18.2 Å². The van der Waals surface area contributed by atoms with E-state index in [1.807, 2.05) is 0 Å². The molecule has 1 saturated heterocycles. The number of amides is 5. The third-order valence-electron chi connectivity index (χ3n) is 5.53. The van der Waals surface area contributed by atoms with Crippen molar-refractivity contribution in [1.82, 2.24) is 0 Å². The van der Waals surface area contributed by atoms with Crippen molar-refractivity contribution in [3.63, 3.8) is 0 Å². The molecule has 1 heterocycles. The summed E-state index contributed by atoms with van der Waals surface area (Å²) in [6.45, 7) is 0.419. The number of nitrogens with zero attached hydrogens (tertiary/aromatic N) is 1. The van der Waals surface area contributed by atoms with Gasteiger partial charge in [-0.2, -0.15) is 0 Å². The highest BCUT2D eigenvalue weighted by Crippen LogP contribution is 2.26. The molecule has 0 bridgehead atoms. The largest absolute Gasteiger partial charge is 0.478 e. The summed E-state index contributed by atoms with van der Waals surface area (Å²) >= 11 is 0. The predicted octanol–water partition coefficient (Wildman–Crippen LogP) is 1.02. The molecular weight excluding hydrogens is 526 g/mol. The van der Waals surface area contributed by atoms with E-state index < -0.39 is 11.9 Å². The van der Waals surface area contributed by atoms with Gasteiger partial charge in [-0.05, 0) is 56.7 Å². The fourth-order valence-corrected chi connectivity index (χ4v) is 3.50. The van der Waals surface area contributed by atoms with Crippen molar-refractivity contribution in [2.24, 2.45) is 22.9 Å². The van der Waals surface area contributed by atoms with Crippen molar-refractivity contribution in [2.45, 2.75) is 77.0 Å². The number of aromatic carboxylic acids is 2. The molecule has 0 saturated carbocycles. The topological polar surface area (TPSA) is 267 Å². The maximum Gasteiger partial charge on any atom is 0.337 e. The molecule has 1 fully saturated rings. The maximum absolute atomic E-state index is 12.1. The summed E-state index contributed by atoms with van der Waals surface area (Å²) < 4.78 is 0. The molecule has 222 valence electrons.